The van der Waals surface area contributed by atoms with Gasteiger partial charge in [0.25, 0.3) is 0 Å². The third-order valence-corrected chi connectivity index (χ3v) is 2.60. The molecule has 0 spiro atoms. The van der Waals surface area contributed by atoms with Crippen LogP contribution in [-0.4, -0.2) is 10.6 Å². The molecule has 2 N–H and O–H groups in total. The maximum atomic E-state index is 11.6. The van der Waals surface area contributed by atoms with E-state index >= 15 is 0 Å². The molecule has 0 radical (unpaired) electrons. The Bertz CT molecular complexity index is 416. The van der Waals surface area contributed by atoms with Gasteiger partial charge in [0.15, 0.2) is 9.92 Å². The van der Waals surface area contributed by atoms with Crippen molar-refractivity contribution in [2.24, 2.45) is 0 Å². The Kier molecular flexibility index (Phi) is 3.32. The van der Waals surface area contributed by atoms with E-state index in [1.807, 2.05) is 0 Å². The van der Waals surface area contributed by atoms with E-state index in [0.717, 1.165) is 0 Å². The second-order valence-corrected chi connectivity index (χ2v) is 4.25. The molecule has 0 saturated heterocycles. The van der Waals surface area contributed by atoms with Gasteiger partial charge in [-0.05, 0) is 12.1 Å². The first-order valence-corrected chi connectivity index (χ1v) is 5.22. The van der Waals surface area contributed by atoms with Crippen molar-refractivity contribution in [1.82, 2.24) is 4.89 Å². The maximum absolute atomic E-state index is 11.6. The fraction of sp³-hybridized carbons (Fsp3) is 0.143. The smallest absolute Gasteiger partial charge is 0.234 e. The molecule has 0 amide bonds. The van der Waals surface area contributed by atoms with E-state index in [-0.39, 0.29) is 4.90 Å². The van der Waals surface area contributed by atoms with Gasteiger partial charge in [-0.1, -0.05) is 23.1 Å². The van der Waals surface area contributed by atoms with Gasteiger partial charge in [0.2, 0.25) is 0 Å². The molecule has 1 atom stereocenters. The van der Waals surface area contributed by atoms with Crippen LogP contribution in [0.5, 0.6) is 0 Å². The molecule has 0 fully saturated rings. The van der Waals surface area contributed by atoms with Crippen LogP contribution in [-0.2, 0) is 14.8 Å². The molecule has 0 aliphatic rings. The highest BCUT2D eigenvalue weighted by molar-refractivity contribution is 7.90. The zero-order valence-electron chi connectivity index (χ0n) is 7.25. The average molecular weight is 240 g/mol. The van der Waals surface area contributed by atoms with Crippen LogP contribution < -0.4 is 4.89 Å². The Morgan fingerprint density at radius 2 is 1.80 bits per heavy atom. The number of hydrogen-bond acceptors (Lipinski definition) is 3. The molecule has 0 aliphatic carbocycles. The highest BCUT2D eigenvalue weighted by Gasteiger charge is 2.31. The molecule has 1 unspecified atom stereocenters. The van der Waals surface area contributed by atoms with Crippen LogP contribution in [0.25, 0.3) is 0 Å². The standard InChI is InChI=1S/C7H7F3N2O2S/c8-7(9,10)14-12-15(11,13)6-4-2-1-3-5-6/h1-5H,(H2,11,12,13). The largest absolute Gasteiger partial charge is 0.539 e. The van der Waals surface area contributed by atoms with Crippen LogP contribution in [0.4, 0.5) is 13.2 Å². The Labute approximate surface area is 84.1 Å². The van der Waals surface area contributed by atoms with Crippen molar-refractivity contribution in [2.75, 3.05) is 0 Å². The zero-order chi connectivity index (χ0) is 11.5. The molecular formula is C7H7F3N2O2S. The summed E-state index contributed by atoms with van der Waals surface area (Å²) in [6.45, 7) is 0. The zero-order valence-corrected chi connectivity index (χ0v) is 8.06. The first-order valence-electron chi connectivity index (χ1n) is 3.66. The van der Waals surface area contributed by atoms with Crippen LogP contribution in [0.1, 0.15) is 0 Å². The number of halogens is 3. The molecule has 1 aromatic carbocycles. The molecule has 0 aromatic heterocycles. The molecule has 8 heteroatoms. The number of nitrogens with one attached hydrogen (secondary N) is 2. The lowest BCUT2D eigenvalue weighted by atomic mass is 10.4. The summed E-state index contributed by atoms with van der Waals surface area (Å²) in [5, 5.41) is 0. The molecule has 0 bridgehead atoms. The molecule has 1 aromatic rings. The fourth-order valence-electron chi connectivity index (χ4n) is 0.766. The van der Waals surface area contributed by atoms with E-state index in [0.29, 0.717) is 0 Å². The normalized spacial score (nSPS) is 15.9. The predicted octanol–water partition coefficient (Wildman–Crippen LogP) is 2.05. The first-order chi connectivity index (χ1) is 6.81. The van der Waals surface area contributed by atoms with E-state index in [1.165, 1.54) is 29.2 Å². The lowest BCUT2D eigenvalue weighted by molar-refractivity contribution is -0.338. The highest BCUT2D eigenvalue weighted by Crippen LogP contribution is 2.16. The summed E-state index contributed by atoms with van der Waals surface area (Å²) in [6, 6.07) is 7.03. The monoisotopic (exact) mass is 240 g/mol. The molecule has 0 aliphatic heterocycles. The van der Waals surface area contributed by atoms with Crippen molar-refractivity contribution in [2.45, 2.75) is 11.3 Å². The van der Waals surface area contributed by atoms with Gasteiger partial charge in [0.05, 0.1) is 4.90 Å². The fourth-order valence-corrected chi connectivity index (χ4v) is 1.61. The minimum absolute atomic E-state index is 0.0887. The minimum Gasteiger partial charge on any atom is -0.234 e. The van der Waals surface area contributed by atoms with Crippen LogP contribution in [0, 0.1) is 4.78 Å². The molecule has 0 saturated carbocycles. The van der Waals surface area contributed by atoms with Gasteiger partial charge in [-0.3, -0.25) is 0 Å². The van der Waals surface area contributed by atoms with Gasteiger partial charge in [-0.25, -0.2) is 8.99 Å². The lowest BCUT2D eigenvalue weighted by Gasteiger charge is -2.10. The summed E-state index contributed by atoms with van der Waals surface area (Å²) in [4.78, 5) is 4.23. The number of benzene rings is 1. The Morgan fingerprint density at radius 1 is 1.27 bits per heavy atom. The number of rotatable bonds is 3. The summed E-state index contributed by atoms with van der Waals surface area (Å²) in [5.74, 6) is 0. The van der Waals surface area contributed by atoms with Crippen LogP contribution in [0.3, 0.4) is 0 Å². The van der Waals surface area contributed by atoms with E-state index in [4.69, 9.17) is 4.78 Å². The molecule has 84 valence electrons. The number of hydrogen-bond donors (Lipinski definition) is 2. The van der Waals surface area contributed by atoms with Gasteiger partial charge in [-0.2, -0.15) is 4.84 Å². The highest BCUT2D eigenvalue weighted by atomic mass is 32.2. The SMILES string of the molecule is N=S(=O)(NOC(F)(F)F)c1ccccc1. The van der Waals surface area contributed by atoms with E-state index in [2.05, 4.69) is 4.84 Å². The Morgan fingerprint density at radius 3 is 2.27 bits per heavy atom. The van der Waals surface area contributed by atoms with Gasteiger partial charge < -0.3 is 0 Å². The third kappa shape index (κ3) is 3.86. The van der Waals surface area contributed by atoms with E-state index in [9.17, 15) is 17.4 Å². The van der Waals surface area contributed by atoms with Crippen LogP contribution in [0.15, 0.2) is 35.2 Å². The summed E-state index contributed by atoms with van der Waals surface area (Å²) in [5.41, 5.74) is 0. The molecule has 15 heavy (non-hydrogen) atoms. The van der Waals surface area contributed by atoms with E-state index in [1.54, 1.807) is 6.07 Å². The summed E-state index contributed by atoms with van der Waals surface area (Å²) >= 11 is 0. The number of alkyl halides is 3. The van der Waals surface area contributed by atoms with Crippen molar-refractivity contribution in [3.63, 3.8) is 0 Å². The molecular weight excluding hydrogens is 233 g/mol. The van der Waals surface area contributed by atoms with Crippen molar-refractivity contribution in [1.29, 1.82) is 4.78 Å². The van der Waals surface area contributed by atoms with Gasteiger partial charge >= 0.3 is 6.36 Å². The lowest BCUT2D eigenvalue weighted by Crippen LogP contribution is -2.30. The minimum atomic E-state index is -4.97. The summed E-state index contributed by atoms with van der Waals surface area (Å²) in [7, 11) is -3.79. The quantitative estimate of drug-likeness (QED) is 0.794. The molecule has 4 nitrogen and oxygen atoms in total. The topological polar surface area (TPSA) is 62.2 Å². The maximum Gasteiger partial charge on any atom is 0.539 e. The van der Waals surface area contributed by atoms with Crippen molar-refractivity contribution in [3.05, 3.63) is 30.3 Å². The third-order valence-electron chi connectivity index (χ3n) is 1.35. The summed E-state index contributed by atoms with van der Waals surface area (Å²) in [6.07, 6.45) is -4.97. The summed E-state index contributed by atoms with van der Waals surface area (Å²) < 4.78 is 53.3. The predicted molar refractivity (Wildman–Crippen MR) is 45.8 cm³/mol. The van der Waals surface area contributed by atoms with Crippen LogP contribution in [0.2, 0.25) is 0 Å². The van der Waals surface area contributed by atoms with Gasteiger partial charge in [0.1, 0.15) is 0 Å². The second-order valence-electron chi connectivity index (χ2n) is 2.50. The first kappa shape index (κ1) is 12.0. The van der Waals surface area contributed by atoms with Gasteiger partial charge in [-0.15, -0.1) is 13.2 Å². The van der Waals surface area contributed by atoms with Crippen LogP contribution >= 0.6 is 0 Å². The van der Waals surface area contributed by atoms with Gasteiger partial charge in [0, 0.05) is 0 Å². The van der Waals surface area contributed by atoms with Crippen molar-refractivity contribution < 1.29 is 22.2 Å². The Balaban J connectivity index is 2.78. The average Bonchev–Trinajstić information content (AvgIpc) is 2.16. The van der Waals surface area contributed by atoms with Crippen molar-refractivity contribution in [3.8, 4) is 0 Å². The van der Waals surface area contributed by atoms with Crippen molar-refractivity contribution >= 4 is 9.92 Å². The molecule has 0 heterocycles. The molecule has 1 rings (SSSR count). The second kappa shape index (κ2) is 4.17. The van der Waals surface area contributed by atoms with E-state index < -0.39 is 16.3 Å². The Hall–Kier alpha value is -1.12.